The van der Waals surface area contributed by atoms with Gasteiger partial charge in [0.1, 0.15) is 6.04 Å². The van der Waals surface area contributed by atoms with E-state index in [1.165, 1.54) is 0 Å². The normalized spacial score (nSPS) is 26.8. The molecule has 1 aromatic carbocycles. The lowest BCUT2D eigenvalue weighted by Gasteiger charge is -2.01. The molecule has 12 heavy (non-hydrogen) atoms. The molecule has 0 aliphatic heterocycles. The zero-order valence-electron chi connectivity index (χ0n) is 6.60. The summed E-state index contributed by atoms with van der Waals surface area (Å²) in [6.45, 7) is 0. The van der Waals surface area contributed by atoms with Gasteiger partial charge in [-0.15, -0.1) is 0 Å². The average molecular weight is 162 g/mol. The fourth-order valence-electron chi connectivity index (χ4n) is 1.75. The Morgan fingerprint density at radius 3 is 2.67 bits per heavy atom. The summed E-state index contributed by atoms with van der Waals surface area (Å²) in [5.41, 5.74) is 7.88. The van der Waals surface area contributed by atoms with Crippen LogP contribution in [0.2, 0.25) is 0 Å². The number of nitrogens with zero attached hydrogens (tertiary/aromatic N) is 1. The van der Waals surface area contributed by atoms with Crippen molar-refractivity contribution >= 4 is 0 Å². The van der Waals surface area contributed by atoms with Gasteiger partial charge in [-0.3, -0.25) is 0 Å². The van der Waals surface area contributed by atoms with Crippen LogP contribution in [0.4, 0.5) is 0 Å². The molecule has 0 heterocycles. The van der Waals surface area contributed by atoms with E-state index in [0.29, 0.717) is 6.42 Å². The third-order valence-corrected chi connectivity index (χ3v) is 2.36. The highest BCUT2D eigenvalue weighted by Crippen LogP contribution is 2.38. The van der Waals surface area contributed by atoms with Crippen LogP contribution in [-0.4, -0.2) is 0 Å². The summed E-state index contributed by atoms with van der Waals surface area (Å²) in [6.07, 6.45) is 0.656. The fraction of sp³-hybridized carbons (Fsp3) is 0.333. The first-order valence-electron chi connectivity index (χ1n) is 4.00. The molecule has 1 aromatic rings. The first-order chi connectivity index (χ1) is 5.83. The molecule has 0 amide bonds. The lowest BCUT2D eigenvalue weighted by Crippen LogP contribution is -2.04. The van der Waals surface area contributed by atoms with Crippen molar-refractivity contribution in [2.45, 2.75) is 18.5 Å². The third-order valence-electron chi connectivity index (χ3n) is 2.36. The van der Waals surface area contributed by atoms with E-state index in [-0.39, 0.29) is 12.1 Å². The Morgan fingerprint density at radius 2 is 2.00 bits per heavy atom. The summed E-state index contributed by atoms with van der Waals surface area (Å²) in [5.74, 6) is 0. The highest BCUT2D eigenvalue weighted by Gasteiger charge is 2.28. The standard InChI is InChI=1S/C9H10N2O/c10-8-5-9(11-12)7-4-2-1-3-6(7)8/h1-4,8-9H,5,10H2/t8-,9?/m0/s1. The maximum atomic E-state index is 10.4. The van der Waals surface area contributed by atoms with E-state index in [4.69, 9.17) is 5.73 Å². The molecule has 0 radical (unpaired) electrons. The van der Waals surface area contributed by atoms with Gasteiger partial charge in [0.25, 0.3) is 0 Å². The van der Waals surface area contributed by atoms with Crippen LogP contribution in [0, 0.1) is 4.91 Å². The minimum absolute atomic E-state index is 0.0103. The smallest absolute Gasteiger partial charge is 0.119 e. The molecular weight excluding hydrogens is 152 g/mol. The Kier molecular flexibility index (Phi) is 1.66. The van der Waals surface area contributed by atoms with Crippen molar-refractivity contribution in [3.8, 4) is 0 Å². The molecule has 3 heteroatoms. The SMILES string of the molecule is N[C@H]1CC(N=O)c2ccccc21. The molecule has 3 nitrogen and oxygen atoms in total. The Balaban J connectivity index is 2.49. The first-order valence-corrected chi connectivity index (χ1v) is 4.00. The molecule has 0 spiro atoms. The van der Waals surface area contributed by atoms with Gasteiger partial charge in [0.05, 0.1) is 0 Å². The molecule has 2 N–H and O–H groups in total. The van der Waals surface area contributed by atoms with Gasteiger partial charge in [0.15, 0.2) is 0 Å². The van der Waals surface area contributed by atoms with Gasteiger partial charge < -0.3 is 5.73 Å². The van der Waals surface area contributed by atoms with Gasteiger partial charge in [0.2, 0.25) is 0 Å². The largest absolute Gasteiger partial charge is 0.324 e. The highest BCUT2D eigenvalue weighted by atomic mass is 16.3. The van der Waals surface area contributed by atoms with Gasteiger partial charge in [-0.1, -0.05) is 29.4 Å². The van der Waals surface area contributed by atoms with E-state index < -0.39 is 0 Å². The second-order valence-corrected chi connectivity index (χ2v) is 3.09. The Hall–Kier alpha value is -1.22. The van der Waals surface area contributed by atoms with E-state index in [0.717, 1.165) is 11.1 Å². The van der Waals surface area contributed by atoms with Crippen molar-refractivity contribution in [3.63, 3.8) is 0 Å². The molecule has 1 unspecified atom stereocenters. The number of benzene rings is 1. The van der Waals surface area contributed by atoms with Crippen molar-refractivity contribution in [3.05, 3.63) is 40.3 Å². The van der Waals surface area contributed by atoms with Crippen LogP contribution in [0.25, 0.3) is 0 Å². The van der Waals surface area contributed by atoms with E-state index in [9.17, 15) is 4.91 Å². The van der Waals surface area contributed by atoms with Crippen LogP contribution in [0.15, 0.2) is 29.4 Å². The Bertz CT molecular complexity index is 311. The number of fused-ring (bicyclic) bond motifs is 1. The van der Waals surface area contributed by atoms with Crippen molar-refractivity contribution in [1.82, 2.24) is 0 Å². The van der Waals surface area contributed by atoms with Crippen LogP contribution in [0.5, 0.6) is 0 Å². The Morgan fingerprint density at radius 1 is 1.33 bits per heavy atom. The molecule has 2 atom stereocenters. The van der Waals surface area contributed by atoms with Crippen LogP contribution < -0.4 is 5.73 Å². The molecule has 0 fully saturated rings. The van der Waals surface area contributed by atoms with Crippen LogP contribution >= 0.6 is 0 Å². The second-order valence-electron chi connectivity index (χ2n) is 3.09. The molecule has 0 saturated carbocycles. The summed E-state index contributed by atoms with van der Waals surface area (Å²) in [4.78, 5) is 10.4. The van der Waals surface area contributed by atoms with Gasteiger partial charge in [-0.05, 0) is 17.5 Å². The predicted octanol–water partition coefficient (Wildman–Crippen LogP) is 1.90. The fourth-order valence-corrected chi connectivity index (χ4v) is 1.75. The number of rotatable bonds is 1. The van der Waals surface area contributed by atoms with Gasteiger partial charge in [0, 0.05) is 6.04 Å². The van der Waals surface area contributed by atoms with Crippen LogP contribution in [0.1, 0.15) is 29.6 Å². The highest BCUT2D eigenvalue weighted by molar-refractivity contribution is 5.37. The average Bonchev–Trinajstić information content (AvgIpc) is 2.44. The minimum Gasteiger partial charge on any atom is -0.324 e. The monoisotopic (exact) mass is 162 g/mol. The van der Waals surface area contributed by atoms with Gasteiger partial charge in [-0.25, -0.2) is 0 Å². The minimum atomic E-state index is -0.226. The maximum Gasteiger partial charge on any atom is 0.119 e. The van der Waals surface area contributed by atoms with E-state index in [1.807, 2.05) is 24.3 Å². The van der Waals surface area contributed by atoms with Crippen LogP contribution in [0.3, 0.4) is 0 Å². The summed E-state index contributed by atoms with van der Waals surface area (Å²) in [5, 5.41) is 3.05. The number of nitroso groups, excluding NO2 is 1. The van der Waals surface area contributed by atoms with E-state index in [1.54, 1.807) is 0 Å². The maximum absolute atomic E-state index is 10.4. The molecule has 1 aliphatic rings. The number of hydrogen-bond donors (Lipinski definition) is 1. The van der Waals surface area contributed by atoms with E-state index in [2.05, 4.69) is 5.18 Å². The topological polar surface area (TPSA) is 55.4 Å². The second kappa shape index (κ2) is 2.68. The quantitative estimate of drug-likeness (QED) is 0.641. The third kappa shape index (κ3) is 0.940. The van der Waals surface area contributed by atoms with Crippen molar-refractivity contribution in [2.24, 2.45) is 10.9 Å². The lowest BCUT2D eigenvalue weighted by molar-refractivity contribution is 0.620. The van der Waals surface area contributed by atoms with Gasteiger partial charge >= 0.3 is 0 Å². The summed E-state index contributed by atoms with van der Waals surface area (Å²) >= 11 is 0. The molecule has 0 saturated heterocycles. The molecule has 2 rings (SSSR count). The molecule has 62 valence electrons. The zero-order valence-corrected chi connectivity index (χ0v) is 6.60. The van der Waals surface area contributed by atoms with Crippen molar-refractivity contribution in [2.75, 3.05) is 0 Å². The van der Waals surface area contributed by atoms with Crippen LogP contribution in [-0.2, 0) is 0 Å². The molecular formula is C9H10N2O. The summed E-state index contributed by atoms with van der Waals surface area (Å²) < 4.78 is 0. The number of nitrogens with two attached hydrogens (primary N) is 1. The summed E-state index contributed by atoms with van der Waals surface area (Å²) in [6, 6.07) is 7.50. The summed E-state index contributed by atoms with van der Waals surface area (Å²) in [7, 11) is 0. The number of hydrogen-bond acceptors (Lipinski definition) is 3. The van der Waals surface area contributed by atoms with Crippen molar-refractivity contribution < 1.29 is 0 Å². The van der Waals surface area contributed by atoms with Gasteiger partial charge in [-0.2, -0.15) is 4.91 Å². The zero-order chi connectivity index (χ0) is 8.55. The Labute approximate surface area is 70.6 Å². The molecule has 1 aliphatic carbocycles. The molecule has 0 aromatic heterocycles. The first kappa shape index (κ1) is 7.43. The van der Waals surface area contributed by atoms with E-state index >= 15 is 0 Å². The predicted molar refractivity (Wildman–Crippen MR) is 46.5 cm³/mol. The lowest BCUT2D eigenvalue weighted by atomic mass is 10.1. The molecule has 0 bridgehead atoms. The van der Waals surface area contributed by atoms with Crippen molar-refractivity contribution in [1.29, 1.82) is 0 Å².